The van der Waals surface area contributed by atoms with Crippen molar-refractivity contribution in [2.24, 2.45) is 0 Å². The standard InChI is InChI=1S/C4HF9O4S.K/c5-1(6,7)3(11,12)17-4(13,2(8,9)10)18(14,15)16;/h(H,14,15,16);/q;+1/p-1. The molecular formula is C4F9KO4S. The van der Waals surface area contributed by atoms with Crippen LogP contribution in [0.5, 0.6) is 0 Å². The molecule has 4 nitrogen and oxygen atoms in total. The maximum absolute atomic E-state index is 12.6. The van der Waals surface area contributed by atoms with Crippen LogP contribution < -0.4 is 51.4 Å². The summed E-state index contributed by atoms with van der Waals surface area (Å²) in [7, 11) is -7.36. The topological polar surface area (TPSA) is 66.4 Å². The Morgan fingerprint density at radius 3 is 1.26 bits per heavy atom. The Hall–Kier alpha value is 0.876. The van der Waals surface area contributed by atoms with Gasteiger partial charge in [0.05, 0.1) is 0 Å². The monoisotopic (exact) mass is 354 g/mol. The minimum atomic E-state index is -7.36. The van der Waals surface area contributed by atoms with Gasteiger partial charge in [-0.15, -0.1) is 0 Å². The molecular weight excluding hydrogens is 354 g/mol. The Morgan fingerprint density at radius 1 is 0.789 bits per heavy atom. The molecule has 110 valence electrons. The molecule has 0 heterocycles. The van der Waals surface area contributed by atoms with Crippen molar-refractivity contribution in [3.8, 4) is 0 Å². The van der Waals surface area contributed by atoms with E-state index in [1.807, 2.05) is 0 Å². The van der Waals surface area contributed by atoms with Gasteiger partial charge in [0.1, 0.15) is 0 Å². The Kier molecular flexibility index (Phi) is 6.92. The fourth-order valence-electron chi connectivity index (χ4n) is 0.473. The van der Waals surface area contributed by atoms with E-state index in [0.717, 1.165) is 0 Å². The van der Waals surface area contributed by atoms with Crippen molar-refractivity contribution < 1.29 is 109 Å². The summed E-state index contributed by atoms with van der Waals surface area (Å²) in [6, 6.07) is 0. The van der Waals surface area contributed by atoms with E-state index in [9.17, 15) is 52.5 Å². The van der Waals surface area contributed by atoms with Crippen LogP contribution in [0, 0.1) is 0 Å². The summed E-state index contributed by atoms with van der Waals surface area (Å²) in [6.45, 7) is 0. The fourth-order valence-corrected chi connectivity index (χ4v) is 0.964. The van der Waals surface area contributed by atoms with E-state index in [2.05, 4.69) is 0 Å². The van der Waals surface area contributed by atoms with Gasteiger partial charge in [-0.25, -0.2) is 8.42 Å². The predicted molar refractivity (Wildman–Crippen MR) is 31.7 cm³/mol. The zero-order chi connectivity index (χ0) is 15.2. The SMILES string of the molecule is O=S(=O)([O-])C(F)(OC(F)(F)C(F)(F)F)C(F)(F)F.[K+]. The van der Waals surface area contributed by atoms with Crippen LogP contribution in [0.15, 0.2) is 0 Å². The number of ether oxygens (including phenoxy) is 1. The van der Waals surface area contributed by atoms with Gasteiger partial charge in [-0.3, -0.25) is 4.74 Å². The predicted octanol–water partition coefficient (Wildman–Crippen LogP) is -1.11. The summed E-state index contributed by atoms with van der Waals surface area (Å²) in [5.41, 5.74) is 0. The Labute approximate surface area is 141 Å². The molecule has 1 atom stereocenters. The van der Waals surface area contributed by atoms with Gasteiger partial charge in [-0.2, -0.15) is 39.5 Å². The molecule has 0 amide bonds. The van der Waals surface area contributed by atoms with Gasteiger partial charge in [-0.1, -0.05) is 0 Å². The second-order valence-electron chi connectivity index (χ2n) is 2.60. The minimum Gasteiger partial charge on any atom is -0.743 e. The van der Waals surface area contributed by atoms with Crippen LogP contribution in [0.1, 0.15) is 0 Å². The molecule has 15 heteroatoms. The molecule has 0 saturated carbocycles. The van der Waals surface area contributed by atoms with Crippen molar-refractivity contribution in [1.82, 2.24) is 0 Å². The first-order valence-corrected chi connectivity index (χ1v) is 4.72. The first kappa shape index (κ1) is 22.2. The van der Waals surface area contributed by atoms with Gasteiger partial charge < -0.3 is 4.55 Å². The molecule has 0 aliphatic rings. The first-order chi connectivity index (χ1) is 7.46. The number of alkyl halides is 9. The van der Waals surface area contributed by atoms with Crippen LogP contribution in [0.25, 0.3) is 0 Å². The van der Waals surface area contributed by atoms with Crippen molar-refractivity contribution in [3.05, 3.63) is 0 Å². The van der Waals surface area contributed by atoms with E-state index in [0.29, 0.717) is 0 Å². The molecule has 0 aromatic heterocycles. The Balaban J connectivity index is 0. The van der Waals surface area contributed by atoms with E-state index >= 15 is 0 Å². The first-order valence-electron chi connectivity index (χ1n) is 3.31. The van der Waals surface area contributed by atoms with Gasteiger partial charge in [0.15, 0.2) is 10.1 Å². The van der Waals surface area contributed by atoms with Crippen molar-refractivity contribution in [3.63, 3.8) is 0 Å². The summed E-state index contributed by atoms with van der Waals surface area (Å²) in [5.74, 6) is 0. The average Bonchev–Trinajstić information content (AvgIpc) is 1.95. The second-order valence-corrected chi connectivity index (χ2v) is 4.04. The summed E-state index contributed by atoms with van der Waals surface area (Å²) in [4.78, 5) is 0. The molecule has 0 spiro atoms. The minimum absolute atomic E-state index is 0. The molecule has 0 saturated heterocycles. The van der Waals surface area contributed by atoms with Gasteiger partial charge >= 0.3 is 75.0 Å². The van der Waals surface area contributed by atoms with Crippen LogP contribution in [-0.2, 0) is 14.9 Å². The van der Waals surface area contributed by atoms with Gasteiger partial charge in [0.25, 0.3) is 0 Å². The molecule has 0 aromatic carbocycles. The molecule has 0 fully saturated rings. The third kappa shape index (κ3) is 4.68. The van der Waals surface area contributed by atoms with Crippen LogP contribution in [0.4, 0.5) is 39.5 Å². The number of halogens is 9. The fraction of sp³-hybridized carbons (Fsp3) is 1.00. The van der Waals surface area contributed by atoms with Crippen LogP contribution in [0.2, 0.25) is 0 Å². The van der Waals surface area contributed by atoms with Crippen molar-refractivity contribution in [2.75, 3.05) is 0 Å². The van der Waals surface area contributed by atoms with E-state index in [1.54, 1.807) is 4.74 Å². The molecule has 0 aliphatic carbocycles. The maximum atomic E-state index is 12.6. The quantitative estimate of drug-likeness (QED) is 0.366. The van der Waals surface area contributed by atoms with Crippen molar-refractivity contribution >= 4 is 10.1 Å². The summed E-state index contributed by atoms with van der Waals surface area (Å²) >= 11 is 0. The van der Waals surface area contributed by atoms with Crippen molar-refractivity contribution in [2.45, 2.75) is 23.6 Å². The molecule has 1 unspecified atom stereocenters. The third-order valence-electron chi connectivity index (χ3n) is 1.25. The number of rotatable bonds is 3. The molecule has 0 aliphatic heterocycles. The van der Waals surface area contributed by atoms with Crippen LogP contribution >= 0.6 is 0 Å². The Morgan fingerprint density at radius 2 is 1.11 bits per heavy atom. The molecule has 0 rings (SSSR count). The number of hydrogen-bond acceptors (Lipinski definition) is 4. The van der Waals surface area contributed by atoms with Gasteiger partial charge in [-0.05, 0) is 0 Å². The summed E-state index contributed by atoms with van der Waals surface area (Å²) in [6.07, 6.45) is -20.7. The molecule has 0 N–H and O–H groups in total. The normalized spacial score (nSPS) is 17.6. The van der Waals surface area contributed by atoms with Crippen LogP contribution in [0.3, 0.4) is 0 Å². The zero-order valence-corrected chi connectivity index (χ0v) is 12.4. The maximum Gasteiger partial charge on any atom is 1.00 e. The molecule has 0 aromatic rings. The van der Waals surface area contributed by atoms with Gasteiger partial charge in [0, 0.05) is 0 Å². The van der Waals surface area contributed by atoms with E-state index < -0.39 is 33.8 Å². The second kappa shape index (κ2) is 5.94. The zero-order valence-electron chi connectivity index (χ0n) is 8.44. The summed E-state index contributed by atoms with van der Waals surface area (Å²) in [5, 5.41) is -6.74. The Bertz CT molecular complexity index is 413. The molecule has 0 radical (unpaired) electrons. The third-order valence-corrected chi connectivity index (χ3v) is 2.21. The van der Waals surface area contributed by atoms with Crippen LogP contribution in [-0.4, -0.2) is 36.6 Å². The average molecular weight is 354 g/mol. The molecule has 0 bridgehead atoms. The molecule has 19 heavy (non-hydrogen) atoms. The van der Waals surface area contributed by atoms with Gasteiger partial charge in [0.2, 0.25) is 0 Å². The van der Waals surface area contributed by atoms with Crippen molar-refractivity contribution in [1.29, 1.82) is 0 Å². The smallest absolute Gasteiger partial charge is 0.743 e. The van der Waals surface area contributed by atoms with E-state index in [-0.39, 0.29) is 51.4 Å². The number of hydrogen-bond donors (Lipinski definition) is 0. The largest absolute Gasteiger partial charge is 1.00 e. The summed E-state index contributed by atoms with van der Waals surface area (Å²) < 4.78 is 137. The van der Waals surface area contributed by atoms with E-state index in [4.69, 9.17) is 0 Å². The van der Waals surface area contributed by atoms with E-state index in [1.165, 1.54) is 0 Å².